The van der Waals surface area contributed by atoms with E-state index in [4.69, 9.17) is 10.5 Å². The SMILES string of the molecule is Cc1ccccc1OCCN1CCC(CN2c3ccccc3SC2N)CC1. The average molecular weight is 384 g/mol. The number of hydrogen-bond donors (Lipinski definition) is 1. The first-order chi connectivity index (χ1) is 13.2. The highest BCUT2D eigenvalue weighted by molar-refractivity contribution is 8.00. The van der Waals surface area contributed by atoms with Crippen LogP contribution >= 0.6 is 11.8 Å². The molecule has 1 fully saturated rings. The summed E-state index contributed by atoms with van der Waals surface area (Å²) in [5.74, 6) is 1.72. The van der Waals surface area contributed by atoms with Crippen molar-refractivity contribution in [3.8, 4) is 5.75 Å². The van der Waals surface area contributed by atoms with Gasteiger partial charge in [-0.1, -0.05) is 42.1 Å². The Hall–Kier alpha value is -1.69. The Kier molecular flexibility index (Phi) is 5.91. The fraction of sp³-hybridized carbons (Fsp3) is 0.455. The van der Waals surface area contributed by atoms with E-state index in [0.717, 1.165) is 44.5 Å². The minimum absolute atomic E-state index is 0.0583. The predicted octanol–water partition coefficient (Wildman–Crippen LogP) is 3.94. The molecule has 1 saturated heterocycles. The maximum atomic E-state index is 6.37. The number of piperidine rings is 1. The van der Waals surface area contributed by atoms with Crippen molar-refractivity contribution < 1.29 is 4.74 Å². The first kappa shape index (κ1) is 18.7. The van der Waals surface area contributed by atoms with Crippen molar-refractivity contribution in [2.24, 2.45) is 11.7 Å². The molecule has 4 rings (SSSR count). The lowest BCUT2D eigenvalue weighted by Gasteiger charge is -2.35. The second-order valence-corrected chi connectivity index (χ2v) is 8.69. The lowest BCUT2D eigenvalue weighted by Crippen LogP contribution is -2.43. The van der Waals surface area contributed by atoms with Gasteiger partial charge in [0.15, 0.2) is 0 Å². The Bertz CT molecular complexity index is 761. The zero-order chi connectivity index (χ0) is 18.6. The number of fused-ring (bicyclic) bond motifs is 1. The third-order valence-corrected chi connectivity index (χ3v) is 6.75. The largest absolute Gasteiger partial charge is 0.492 e. The van der Waals surface area contributed by atoms with Gasteiger partial charge in [0.25, 0.3) is 0 Å². The average Bonchev–Trinajstić information content (AvgIpc) is 3.00. The van der Waals surface area contributed by atoms with E-state index in [2.05, 4.69) is 59.2 Å². The molecule has 0 aromatic heterocycles. The van der Waals surface area contributed by atoms with E-state index in [0.29, 0.717) is 0 Å². The molecule has 1 atom stereocenters. The number of aryl methyl sites for hydroxylation is 1. The van der Waals surface area contributed by atoms with Crippen LogP contribution in [-0.4, -0.2) is 43.2 Å². The maximum absolute atomic E-state index is 6.37. The summed E-state index contributed by atoms with van der Waals surface area (Å²) >= 11 is 1.78. The first-order valence-electron chi connectivity index (χ1n) is 9.89. The van der Waals surface area contributed by atoms with E-state index in [1.165, 1.54) is 29.0 Å². The number of rotatable bonds is 6. The third-order valence-electron chi connectivity index (χ3n) is 5.65. The van der Waals surface area contributed by atoms with Crippen LogP contribution < -0.4 is 15.4 Å². The summed E-state index contributed by atoms with van der Waals surface area (Å²) in [6.07, 6.45) is 2.47. The minimum atomic E-state index is 0.0583. The van der Waals surface area contributed by atoms with E-state index < -0.39 is 0 Å². The lowest BCUT2D eigenvalue weighted by atomic mass is 9.96. The van der Waals surface area contributed by atoms with Crippen LogP contribution in [0.1, 0.15) is 18.4 Å². The number of nitrogens with two attached hydrogens (primary N) is 1. The maximum Gasteiger partial charge on any atom is 0.130 e. The fourth-order valence-corrected chi connectivity index (χ4v) is 5.05. The Labute approximate surface area is 166 Å². The Balaban J connectivity index is 1.22. The summed E-state index contributed by atoms with van der Waals surface area (Å²) in [7, 11) is 0. The van der Waals surface area contributed by atoms with Crippen molar-refractivity contribution in [3.63, 3.8) is 0 Å². The topological polar surface area (TPSA) is 41.7 Å². The molecule has 0 radical (unpaired) electrons. The summed E-state index contributed by atoms with van der Waals surface area (Å²) in [4.78, 5) is 6.24. The van der Waals surface area contributed by atoms with Gasteiger partial charge < -0.3 is 15.4 Å². The summed E-state index contributed by atoms with van der Waals surface area (Å²) in [6.45, 7) is 7.23. The zero-order valence-corrected chi connectivity index (χ0v) is 16.8. The van der Waals surface area contributed by atoms with Gasteiger partial charge in [-0.3, -0.25) is 4.90 Å². The lowest BCUT2D eigenvalue weighted by molar-refractivity contribution is 0.156. The highest BCUT2D eigenvalue weighted by Gasteiger charge is 2.30. The van der Waals surface area contributed by atoms with Crippen molar-refractivity contribution in [2.75, 3.05) is 37.7 Å². The van der Waals surface area contributed by atoms with Crippen LogP contribution in [0, 0.1) is 12.8 Å². The van der Waals surface area contributed by atoms with Crippen LogP contribution in [-0.2, 0) is 0 Å². The van der Waals surface area contributed by atoms with Gasteiger partial charge in [-0.2, -0.15) is 0 Å². The zero-order valence-electron chi connectivity index (χ0n) is 16.0. The summed E-state index contributed by atoms with van der Waals surface area (Å²) < 4.78 is 5.96. The number of benzene rings is 2. The molecule has 2 aliphatic heterocycles. The second kappa shape index (κ2) is 8.55. The summed E-state index contributed by atoms with van der Waals surface area (Å²) in [6, 6.07) is 16.8. The molecule has 2 aromatic carbocycles. The van der Waals surface area contributed by atoms with Gasteiger partial charge in [-0.25, -0.2) is 0 Å². The van der Waals surface area contributed by atoms with Crippen molar-refractivity contribution in [2.45, 2.75) is 30.2 Å². The van der Waals surface area contributed by atoms with Gasteiger partial charge in [0.2, 0.25) is 0 Å². The molecule has 2 aromatic rings. The molecule has 27 heavy (non-hydrogen) atoms. The Morgan fingerprint density at radius 2 is 1.81 bits per heavy atom. The van der Waals surface area contributed by atoms with Crippen LogP contribution in [0.2, 0.25) is 0 Å². The van der Waals surface area contributed by atoms with Gasteiger partial charge >= 0.3 is 0 Å². The second-order valence-electron chi connectivity index (χ2n) is 7.53. The number of anilines is 1. The molecule has 2 aliphatic rings. The molecule has 5 heteroatoms. The summed E-state index contributed by atoms with van der Waals surface area (Å²) in [5, 5.41) is 0. The van der Waals surface area contributed by atoms with Gasteiger partial charge in [-0.05, 0) is 62.5 Å². The summed E-state index contributed by atoms with van der Waals surface area (Å²) in [5.41, 5.74) is 8.94. The molecule has 2 N–H and O–H groups in total. The van der Waals surface area contributed by atoms with Crippen molar-refractivity contribution in [1.29, 1.82) is 0 Å². The van der Waals surface area contributed by atoms with Crippen molar-refractivity contribution >= 4 is 17.4 Å². The van der Waals surface area contributed by atoms with Gasteiger partial charge in [0.05, 0.1) is 5.69 Å². The fourth-order valence-electron chi connectivity index (χ4n) is 4.00. The van der Waals surface area contributed by atoms with Crippen molar-refractivity contribution in [3.05, 3.63) is 54.1 Å². The monoisotopic (exact) mass is 383 g/mol. The molecule has 0 aliphatic carbocycles. The first-order valence-corrected chi connectivity index (χ1v) is 10.8. The van der Waals surface area contributed by atoms with E-state index in [1.807, 2.05) is 6.07 Å². The number of thioether (sulfide) groups is 1. The third kappa shape index (κ3) is 4.42. The van der Waals surface area contributed by atoms with E-state index in [-0.39, 0.29) is 5.50 Å². The van der Waals surface area contributed by atoms with Crippen molar-refractivity contribution in [1.82, 2.24) is 4.90 Å². The Morgan fingerprint density at radius 3 is 2.63 bits per heavy atom. The number of hydrogen-bond acceptors (Lipinski definition) is 5. The van der Waals surface area contributed by atoms with Gasteiger partial charge in [-0.15, -0.1) is 0 Å². The number of ether oxygens (including phenoxy) is 1. The molecule has 1 unspecified atom stereocenters. The highest BCUT2D eigenvalue weighted by atomic mass is 32.2. The van der Waals surface area contributed by atoms with Crippen LogP contribution in [0.15, 0.2) is 53.4 Å². The normalized spacial score (nSPS) is 20.7. The molecule has 0 amide bonds. The smallest absolute Gasteiger partial charge is 0.130 e. The predicted molar refractivity (Wildman–Crippen MR) is 113 cm³/mol. The minimum Gasteiger partial charge on any atom is -0.492 e. The molecule has 0 bridgehead atoms. The number of nitrogens with zero attached hydrogens (tertiary/aromatic N) is 2. The van der Waals surface area contributed by atoms with Crippen LogP contribution in [0.4, 0.5) is 5.69 Å². The van der Waals surface area contributed by atoms with E-state index in [1.54, 1.807) is 11.8 Å². The molecule has 144 valence electrons. The van der Waals surface area contributed by atoms with E-state index >= 15 is 0 Å². The molecular formula is C22H29N3OS. The number of para-hydroxylation sites is 2. The van der Waals surface area contributed by atoms with Crippen LogP contribution in [0.25, 0.3) is 0 Å². The molecule has 2 heterocycles. The van der Waals surface area contributed by atoms with Gasteiger partial charge in [0.1, 0.15) is 17.9 Å². The molecule has 0 saturated carbocycles. The molecule has 0 spiro atoms. The molecular weight excluding hydrogens is 354 g/mol. The quantitative estimate of drug-likeness (QED) is 0.818. The number of likely N-dealkylation sites (tertiary alicyclic amines) is 1. The van der Waals surface area contributed by atoms with Crippen LogP contribution in [0.5, 0.6) is 5.75 Å². The standard InChI is InChI=1S/C22H29N3OS/c1-17-6-2-4-8-20(17)26-15-14-24-12-10-18(11-13-24)16-25-19-7-3-5-9-21(19)27-22(25)23/h2-9,18,22H,10-16,23H2,1H3. The highest BCUT2D eigenvalue weighted by Crippen LogP contribution is 2.41. The Morgan fingerprint density at radius 1 is 1.07 bits per heavy atom. The van der Waals surface area contributed by atoms with E-state index in [9.17, 15) is 0 Å². The van der Waals surface area contributed by atoms with Gasteiger partial charge in [0, 0.05) is 18.0 Å². The van der Waals surface area contributed by atoms with Crippen LogP contribution in [0.3, 0.4) is 0 Å². The molecule has 4 nitrogen and oxygen atoms in total.